The second kappa shape index (κ2) is 8.61. The Labute approximate surface area is 135 Å². The van der Waals surface area contributed by atoms with Crippen molar-refractivity contribution in [1.29, 1.82) is 0 Å². The maximum Gasteiger partial charge on any atom is 0.328 e. The number of aliphatic hydroxyl groups is 1. The first kappa shape index (κ1) is 19.1. The highest BCUT2D eigenvalue weighted by Crippen LogP contribution is 2.18. The Bertz CT molecular complexity index is 479. The summed E-state index contributed by atoms with van der Waals surface area (Å²) in [7, 11) is 1.20. The third kappa shape index (κ3) is 5.31. The van der Waals surface area contributed by atoms with Gasteiger partial charge in [-0.1, -0.05) is 6.92 Å². The van der Waals surface area contributed by atoms with E-state index in [-0.39, 0.29) is 37.5 Å². The topological polar surface area (TPSA) is 113 Å². The molecule has 0 aromatic heterocycles. The van der Waals surface area contributed by atoms with Crippen LogP contribution in [0.4, 0.5) is 0 Å². The second-order valence-corrected chi connectivity index (χ2v) is 5.59. The minimum Gasteiger partial charge on any atom is -0.467 e. The van der Waals surface area contributed by atoms with Gasteiger partial charge in [-0.3, -0.25) is 14.4 Å². The maximum atomic E-state index is 12.3. The molecule has 0 aromatic carbocycles. The van der Waals surface area contributed by atoms with Crippen LogP contribution in [-0.4, -0.2) is 65.4 Å². The van der Waals surface area contributed by atoms with E-state index in [0.29, 0.717) is 6.42 Å². The van der Waals surface area contributed by atoms with Crippen LogP contribution in [0.5, 0.6) is 0 Å². The Hall–Kier alpha value is -1.96. The number of esters is 1. The van der Waals surface area contributed by atoms with E-state index in [1.165, 1.54) is 18.9 Å². The second-order valence-electron chi connectivity index (χ2n) is 5.59. The highest BCUT2D eigenvalue weighted by Gasteiger charge is 2.38. The summed E-state index contributed by atoms with van der Waals surface area (Å²) in [4.78, 5) is 48.3. The first-order valence-corrected chi connectivity index (χ1v) is 7.65. The van der Waals surface area contributed by atoms with Crippen LogP contribution in [0.15, 0.2) is 0 Å². The summed E-state index contributed by atoms with van der Waals surface area (Å²) >= 11 is 0. The average molecular weight is 328 g/mol. The SMILES string of the molecule is CCC(=O)CC[C@H](NC(=O)[C@@H]1C[C@@H](O)CN1C(C)=O)C(=O)OC. The smallest absolute Gasteiger partial charge is 0.328 e. The van der Waals surface area contributed by atoms with Gasteiger partial charge in [-0.15, -0.1) is 0 Å². The Morgan fingerprint density at radius 2 is 2.00 bits per heavy atom. The van der Waals surface area contributed by atoms with E-state index in [0.717, 1.165) is 0 Å². The van der Waals surface area contributed by atoms with Gasteiger partial charge in [-0.05, 0) is 6.42 Å². The third-order valence-electron chi connectivity index (χ3n) is 3.89. The van der Waals surface area contributed by atoms with Crippen molar-refractivity contribution in [3.05, 3.63) is 0 Å². The van der Waals surface area contributed by atoms with Gasteiger partial charge in [0.2, 0.25) is 11.8 Å². The number of ketones is 1. The Morgan fingerprint density at radius 1 is 1.35 bits per heavy atom. The molecule has 1 aliphatic heterocycles. The van der Waals surface area contributed by atoms with Gasteiger partial charge in [0.25, 0.3) is 0 Å². The van der Waals surface area contributed by atoms with Crippen LogP contribution in [0.2, 0.25) is 0 Å². The summed E-state index contributed by atoms with van der Waals surface area (Å²) in [6.07, 6.45) is -0.00394. The third-order valence-corrected chi connectivity index (χ3v) is 3.89. The number of likely N-dealkylation sites (tertiary alicyclic amines) is 1. The quantitative estimate of drug-likeness (QED) is 0.603. The van der Waals surface area contributed by atoms with Gasteiger partial charge < -0.3 is 20.1 Å². The van der Waals surface area contributed by atoms with Crippen LogP contribution in [0.25, 0.3) is 0 Å². The van der Waals surface area contributed by atoms with Gasteiger partial charge in [0.15, 0.2) is 0 Å². The minimum atomic E-state index is -0.949. The molecule has 1 saturated heterocycles. The molecule has 0 aromatic rings. The molecule has 1 aliphatic rings. The zero-order valence-corrected chi connectivity index (χ0v) is 13.7. The molecule has 1 fully saturated rings. The molecule has 0 spiro atoms. The number of aliphatic hydroxyl groups excluding tert-OH is 1. The number of β-amino-alcohol motifs (C(OH)–C–C–N with tert-alkyl or cyclic N) is 1. The minimum absolute atomic E-state index is 0.0187. The molecule has 1 rings (SSSR count). The van der Waals surface area contributed by atoms with Gasteiger partial charge in [-0.25, -0.2) is 4.79 Å². The van der Waals surface area contributed by atoms with Gasteiger partial charge in [0.05, 0.1) is 13.2 Å². The Morgan fingerprint density at radius 3 is 2.52 bits per heavy atom. The summed E-state index contributed by atoms with van der Waals surface area (Å²) < 4.78 is 4.64. The number of amides is 2. The molecule has 8 heteroatoms. The molecule has 23 heavy (non-hydrogen) atoms. The molecular formula is C15H24N2O6. The molecule has 3 atom stereocenters. The summed E-state index contributed by atoms with van der Waals surface area (Å²) in [5.41, 5.74) is 0. The number of carbonyl (C=O) groups excluding carboxylic acids is 4. The number of nitrogens with zero attached hydrogens (tertiary/aromatic N) is 1. The monoisotopic (exact) mass is 328 g/mol. The number of hydrogen-bond acceptors (Lipinski definition) is 6. The zero-order valence-electron chi connectivity index (χ0n) is 13.7. The summed E-state index contributed by atoms with van der Waals surface area (Å²) in [5.74, 6) is -1.52. The lowest BCUT2D eigenvalue weighted by Crippen LogP contribution is -2.50. The predicted octanol–water partition coefficient (Wildman–Crippen LogP) is -0.615. The molecule has 0 saturated carbocycles. The number of methoxy groups -OCH3 is 1. The van der Waals surface area contributed by atoms with Crippen molar-refractivity contribution in [2.45, 2.75) is 57.7 Å². The average Bonchev–Trinajstić information content (AvgIpc) is 2.92. The van der Waals surface area contributed by atoms with Crippen LogP contribution in [0, 0.1) is 0 Å². The zero-order chi connectivity index (χ0) is 17.6. The molecule has 130 valence electrons. The lowest BCUT2D eigenvalue weighted by molar-refractivity contribution is -0.146. The van der Waals surface area contributed by atoms with Crippen LogP contribution in [0.3, 0.4) is 0 Å². The van der Waals surface area contributed by atoms with Crippen molar-refractivity contribution in [2.24, 2.45) is 0 Å². The maximum absolute atomic E-state index is 12.3. The lowest BCUT2D eigenvalue weighted by atomic mass is 10.1. The van der Waals surface area contributed by atoms with Gasteiger partial charge >= 0.3 is 5.97 Å². The summed E-state index contributed by atoms with van der Waals surface area (Å²) in [6.45, 7) is 3.12. The first-order valence-electron chi connectivity index (χ1n) is 7.65. The van der Waals surface area contributed by atoms with E-state index in [2.05, 4.69) is 10.1 Å². The Balaban J connectivity index is 2.73. The van der Waals surface area contributed by atoms with Crippen molar-refractivity contribution < 1.29 is 29.0 Å². The van der Waals surface area contributed by atoms with Crippen molar-refractivity contribution >= 4 is 23.6 Å². The fourth-order valence-corrected chi connectivity index (χ4v) is 2.55. The molecule has 2 amide bonds. The molecule has 0 bridgehead atoms. The largest absolute Gasteiger partial charge is 0.467 e. The molecule has 2 N–H and O–H groups in total. The lowest BCUT2D eigenvalue weighted by Gasteiger charge is -2.24. The van der Waals surface area contributed by atoms with Crippen molar-refractivity contribution in [1.82, 2.24) is 10.2 Å². The van der Waals surface area contributed by atoms with Crippen molar-refractivity contribution in [3.8, 4) is 0 Å². The molecule has 0 unspecified atom stereocenters. The molecule has 0 radical (unpaired) electrons. The summed E-state index contributed by atoms with van der Waals surface area (Å²) in [6, 6.07) is -1.77. The number of carbonyl (C=O) groups is 4. The van der Waals surface area contributed by atoms with E-state index in [9.17, 15) is 24.3 Å². The standard InChI is InChI=1S/C15H24N2O6/c1-4-10(19)5-6-12(15(22)23-3)16-14(21)13-7-11(20)8-17(13)9(2)18/h11-13,20H,4-8H2,1-3H3,(H,16,21)/t11-,12+,13+/m1/s1. The van der Waals surface area contributed by atoms with Crippen LogP contribution in [0.1, 0.15) is 39.5 Å². The van der Waals surface area contributed by atoms with Crippen LogP contribution < -0.4 is 5.32 Å². The summed E-state index contributed by atoms with van der Waals surface area (Å²) in [5, 5.41) is 12.2. The van der Waals surface area contributed by atoms with E-state index in [1.807, 2.05) is 0 Å². The number of rotatable bonds is 7. The number of nitrogens with one attached hydrogen (secondary N) is 1. The number of Topliss-reactive ketones (excluding diaryl/α,β-unsaturated/α-hetero) is 1. The van der Waals surface area contributed by atoms with Gasteiger partial charge in [-0.2, -0.15) is 0 Å². The van der Waals surface area contributed by atoms with Gasteiger partial charge in [0.1, 0.15) is 17.9 Å². The van der Waals surface area contributed by atoms with Gasteiger partial charge in [0, 0.05) is 32.7 Å². The van der Waals surface area contributed by atoms with Crippen LogP contribution in [-0.2, 0) is 23.9 Å². The molecule has 0 aliphatic carbocycles. The van der Waals surface area contributed by atoms with E-state index in [4.69, 9.17) is 0 Å². The molecule has 8 nitrogen and oxygen atoms in total. The Kier molecular flexibility index (Phi) is 7.15. The van der Waals surface area contributed by atoms with E-state index >= 15 is 0 Å². The number of ether oxygens (including phenoxy) is 1. The molecular weight excluding hydrogens is 304 g/mol. The highest BCUT2D eigenvalue weighted by molar-refractivity contribution is 5.91. The first-order chi connectivity index (χ1) is 10.8. The van der Waals surface area contributed by atoms with E-state index in [1.54, 1.807) is 6.92 Å². The van der Waals surface area contributed by atoms with Crippen LogP contribution >= 0.6 is 0 Å². The van der Waals surface area contributed by atoms with Crippen molar-refractivity contribution in [2.75, 3.05) is 13.7 Å². The van der Waals surface area contributed by atoms with E-state index < -0.39 is 30.1 Å². The molecule has 1 heterocycles. The normalized spacial score (nSPS) is 21.7. The fraction of sp³-hybridized carbons (Fsp3) is 0.733. The van der Waals surface area contributed by atoms with Crippen molar-refractivity contribution in [3.63, 3.8) is 0 Å². The highest BCUT2D eigenvalue weighted by atomic mass is 16.5. The number of hydrogen-bond donors (Lipinski definition) is 2. The fourth-order valence-electron chi connectivity index (χ4n) is 2.55. The predicted molar refractivity (Wildman–Crippen MR) is 80.3 cm³/mol.